The van der Waals surface area contributed by atoms with Gasteiger partial charge in [0.2, 0.25) is 11.6 Å². The molecule has 2 N–H and O–H groups in total. The Balaban J connectivity index is 2.55. The lowest BCUT2D eigenvalue weighted by Gasteiger charge is -2.16. The molecule has 0 aliphatic heterocycles. The van der Waals surface area contributed by atoms with Crippen LogP contribution in [-0.2, 0) is 5.41 Å². The molecule has 0 atom stereocenters. The highest BCUT2D eigenvalue weighted by Gasteiger charge is 2.25. The topological polar surface area (TPSA) is 64.9 Å². The Morgan fingerprint density at radius 1 is 1.50 bits per heavy atom. The van der Waals surface area contributed by atoms with Crippen LogP contribution in [0.1, 0.15) is 19.7 Å². The molecule has 0 unspecified atom stereocenters. The van der Waals surface area contributed by atoms with Crippen LogP contribution in [0.2, 0.25) is 0 Å². The largest absolute Gasteiger partial charge is 0.422 e. The van der Waals surface area contributed by atoms with Crippen molar-refractivity contribution in [2.45, 2.75) is 19.3 Å². The first kappa shape index (κ1) is 9.15. The maximum Gasteiger partial charge on any atom is 0.246 e. The van der Waals surface area contributed by atoms with Crippen LogP contribution in [0.4, 0.5) is 0 Å². The van der Waals surface area contributed by atoms with E-state index >= 15 is 0 Å². The number of aromatic nitrogens is 2. The van der Waals surface area contributed by atoms with Gasteiger partial charge in [-0.2, -0.15) is 0 Å². The molecule has 0 saturated carbocycles. The van der Waals surface area contributed by atoms with Gasteiger partial charge in [0.05, 0.1) is 5.41 Å². The van der Waals surface area contributed by atoms with Crippen LogP contribution in [0.25, 0.3) is 11.2 Å². The van der Waals surface area contributed by atoms with E-state index in [-0.39, 0.29) is 5.41 Å². The van der Waals surface area contributed by atoms with Gasteiger partial charge in [-0.25, -0.2) is 9.97 Å². The summed E-state index contributed by atoms with van der Waals surface area (Å²) < 4.78 is 5.52. The minimum atomic E-state index is -0.235. The van der Waals surface area contributed by atoms with Crippen molar-refractivity contribution in [3.8, 4) is 0 Å². The lowest BCUT2D eigenvalue weighted by Crippen LogP contribution is -2.28. The standard InChI is InChI=1S/C10H13N3O/c1-10(2,6-11)9-13-7-4-3-5-12-8(7)14-9/h3-5H,6,11H2,1-2H3. The molecule has 0 radical (unpaired) electrons. The van der Waals surface area contributed by atoms with Gasteiger partial charge in [-0.1, -0.05) is 0 Å². The highest BCUT2D eigenvalue weighted by atomic mass is 16.4. The van der Waals surface area contributed by atoms with Crippen molar-refractivity contribution < 1.29 is 4.42 Å². The minimum Gasteiger partial charge on any atom is -0.422 e. The number of fused-ring (bicyclic) bond motifs is 1. The summed E-state index contributed by atoms with van der Waals surface area (Å²) in [5, 5.41) is 0. The number of hydrogen-bond donors (Lipinski definition) is 1. The Morgan fingerprint density at radius 2 is 2.29 bits per heavy atom. The summed E-state index contributed by atoms with van der Waals surface area (Å²) in [4.78, 5) is 8.43. The maximum atomic E-state index is 5.64. The molecule has 0 saturated heterocycles. The maximum absolute atomic E-state index is 5.64. The van der Waals surface area contributed by atoms with Gasteiger partial charge in [-0.15, -0.1) is 0 Å². The molecule has 2 aromatic rings. The summed E-state index contributed by atoms with van der Waals surface area (Å²) in [6.45, 7) is 4.50. The van der Waals surface area contributed by atoms with Crippen molar-refractivity contribution in [3.05, 3.63) is 24.2 Å². The lowest BCUT2D eigenvalue weighted by molar-refractivity contribution is 0.388. The zero-order valence-corrected chi connectivity index (χ0v) is 8.32. The minimum absolute atomic E-state index is 0.235. The monoisotopic (exact) mass is 191 g/mol. The van der Waals surface area contributed by atoms with Crippen molar-refractivity contribution in [1.29, 1.82) is 0 Å². The van der Waals surface area contributed by atoms with Gasteiger partial charge >= 0.3 is 0 Å². The van der Waals surface area contributed by atoms with Gasteiger partial charge in [0.1, 0.15) is 5.52 Å². The average Bonchev–Trinajstić information content (AvgIpc) is 2.61. The van der Waals surface area contributed by atoms with E-state index in [9.17, 15) is 0 Å². The predicted molar refractivity (Wildman–Crippen MR) is 53.9 cm³/mol. The fraction of sp³-hybridized carbons (Fsp3) is 0.400. The van der Waals surface area contributed by atoms with Crippen LogP contribution in [0.15, 0.2) is 22.7 Å². The second-order valence-corrected chi connectivity index (χ2v) is 3.93. The first-order valence-corrected chi connectivity index (χ1v) is 4.55. The molecule has 0 spiro atoms. The van der Waals surface area contributed by atoms with Gasteiger partial charge < -0.3 is 10.2 Å². The number of hydrogen-bond acceptors (Lipinski definition) is 4. The number of nitrogens with zero attached hydrogens (tertiary/aromatic N) is 2. The molecule has 74 valence electrons. The first-order valence-electron chi connectivity index (χ1n) is 4.55. The fourth-order valence-corrected chi connectivity index (χ4v) is 1.15. The Hall–Kier alpha value is -1.42. The number of pyridine rings is 1. The molecule has 0 bridgehead atoms. The third kappa shape index (κ3) is 1.37. The number of oxazole rings is 1. The van der Waals surface area contributed by atoms with E-state index < -0.39 is 0 Å². The van der Waals surface area contributed by atoms with Crippen LogP contribution in [0.3, 0.4) is 0 Å². The highest BCUT2D eigenvalue weighted by molar-refractivity contribution is 5.67. The van der Waals surface area contributed by atoms with Crippen LogP contribution in [0.5, 0.6) is 0 Å². The zero-order chi connectivity index (χ0) is 10.2. The van der Waals surface area contributed by atoms with Crippen molar-refractivity contribution in [2.24, 2.45) is 5.73 Å². The lowest BCUT2D eigenvalue weighted by atomic mass is 9.94. The molecule has 0 fully saturated rings. The van der Waals surface area contributed by atoms with Gasteiger partial charge in [-0.3, -0.25) is 0 Å². The molecule has 0 aromatic carbocycles. The van der Waals surface area contributed by atoms with Crippen molar-refractivity contribution in [2.75, 3.05) is 6.54 Å². The Kier molecular flexibility index (Phi) is 2.00. The van der Waals surface area contributed by atoms with E-state index in [2.05, 4.69) is 9.97 Å². The summed E-state index contributed by atoms with van der Waals surface area (Å²) in [5.41, 5.74) is 6.76. The van der Waals surface area contributed by atoms with E-state index in [1.54, 1.807) is 6.20 Å². The summed E-state index contributed by atoms with van der Waals surface area (Å²) in [6.07, 6.45) is 1.69. The summed E-state index contributed by atoms with van der Waals surface area (Å²) >= 11 is 0. The zero-order valence-electron chi connectivity index (χ0n) is 8.32. The van der Waals surface area contributed by atoms with Crippen LogP contribution in [-0.4, -0.2) is 16.5 Å². The molecule has 0 aliphatic carbocycles. The average molecular weight is 191 g/mol. The predicted octanol–water partition coefficient (Wildman–Crippen LogP) is 1.46. The van der Waals surface area contributed by atoms with Crippen LogP contribution in [0, 0.1) is 0 Å². The highest BCUT2D eigenvalue weighted by Crippen LogP contribution is 2.23. The molecule has 14 heavy (non-hydrogen) atoms. The molecule has 0 aliphatic rings. The van der Waals surface area contributed by atoms with Gasteiger partial charge in [0.25, 0.3) is 0 Å². The molecule has 2 aromatic heterocycles. The molecule has 4 heteroatoms. The van der Waals surface area contributed by atoms with E-state index in [1.807, 2.05) is 26.0 Å². The summed E-state index contributed by atoms with van der Waals surface area (Å²) in [6, 6.07) is 3.71. The molecule has 2 rings (SSSR count). The van der Waals surface area contributed by atoms with Gasteiger partial charge in [-0.05, 0) is 26.0 Å². The third-order valence-corrected chi connectivity index (χ3v) is 2.26. The Bertz CT molecular complexity index is 414. The smallest absolute Gasteiger partial charge is 0.246 e. The normalized spacial score (nSPS) is 12.2. The van der Waals surface area contributed by atoms with Gasteiger partial charge in [0, 0.05) is 12.7 Å². The van der Waals surface area contributed by atoms with E-state index in [0.717, 1.165) is 5.52 Å². The van der Waals surface area contributed by atoms with Crippen molar-refractivity contribution >= 4 is 11.2 Å². The van der Waals surface area contributed by atoms with E-state index in [0.29, 0.717) is 18.1 Å². The quantitative estimate of drug-likeness (QED) is 0.780. The first-order chi connectivity index (χ1) is 6.63. The SMILES string of the molecule is CC(C)(CN)c1nc2cccnc2o1. The van der Waals surface area contributed by atoms with Crippen LogP contribution >= 0.6 is 0 Å². The van der Waals surface area contributed by atoms with E-state index in [4.69, 9.17) is 10.2 Å². The molecule has 0 amide bonds. The Labute approximate surface area is 82.1 Å². The summed E-state index contributed by atoms with van der Waals surface area (Å²) in [5.74, 6) is 0.647. The second kappa shape index (κ2) is 3.06. The number of nitrogens with two attached hydrogens (primary N) is 1. The molecular formula is C10H13N3O. The third-order valence-electron chi connectivity index (χ3n) is 2.26. The van der Waals surface area contributed by atoms with E-state index in [1.165, 1.54) is 0 Å². The van der Waals surface area contributed by atoms with Crippen molar-refractivity contribution in [1.82, 2.24) is 9.97 Å². The van der Waals surface area contributed by atoms with Gasteiger partial charge in [0.15, 0.2) is 0 Å². The number of rotatable bonds is 2. The molecular weight excluding hydrogens is 178 g/mol. The fourth-order valence-electron chi connectivity index (χ4n) is 1.15. The summed E-state index contributed by atoms with van der Waals surface area (Å²) in [7, 11) is 0. The van der Waals surface area contributed by atoms with Crippen molar-refractivity contribution in [3.63, 3.8) is 0 Å². The van der Waals surface area contributed by atoms with Crippen LogP contribution < -0.4 is 5.73 Å². The Morgan fingerprint density at radius 3 is 2.93 bits per heavy atom. The molecule has 4 nitrogen and oxygen atoms in total. The second-order valence-electron chi connectivity index (χ2n) is 3.93. The molecule has 2 heterocycles.